The molecule has 0 radical (unpaired) electrons. The van der Waals surface area contributed by atoms with Gasteiger partial charge in [-0.1, -0.05) is 33.3 Å². The largest absolute Gasteiger partial charge is 0.497 e. The molecule has 7 heteroatoms. The number of halogens is 1. The van der Waals surface area contributed by atoms with Crippen molar-refractivity contribution in [3.63, 3.8) is 0 Å². The molecule has 0 bridgehead atoms. The fraction of sp³-hybridized carbons (Fsp3) is 0.0588. The Bertz CT molecular complexity index is 878. The molecule has 3 N–H and O–H groups in total. The van der Waals surface area contributed by atoms with Gasteiger partial charge in [-0.2, -0.15) is 0 Å². The van der Waals surface area contributed by atoms with E-state index < -0.39 is 0 Å². The molecule has 0 saturated heterocycles. The summed E-state index contributed by atoms with van der Waals surface area (Å²) in [6, 6.07) is 14.6. The lowest BCUT2D eigenvalue weighted by atomic mass is 10.1. The van der Waals surface area contributed by atoms with Crippen LogP contribution in [0.1, 0.15) is 15.2 Å². The van der Waals surface area contributed by atoms with Crippen LogP contribution in [0.2, 0.25) is 0 Å². The molecule has 1 heterocycles. The van der Waals surface area contributed by atoms with E-state index in [1.54, 1.807) is 31.4 Å². The average Bonchev–Trinajstić information content (AvgIpc) is 2.94. The number of anilines is 3. The third-order valence-electron chi connectivity index (χ3n) is 3.29. The molecule has 3 aromatic rings. The Kier molecular flexibility index (Phi) is 4.82. The third-order valence-corrected chi connectivity index (χ3v) is 4.77. The standard InChI is InChI=1S/C17H14BrN3O2S/c1-23-13-7-5-10(6-8-13)14(22)15-16(19)21-17(24-15)20-12-4-2-3-11(18)9-12/h2-9H,19H2,1H3,(H,20,21). The molecule has 0 aliphatic heterocycles. The van der Waals surface area contributed by atoms with Crippen LogP contribution >= 0.6 is 27.3 Å². The van der Waals surface area contributed by atoms with E-state index in [1.165, 1.54) is 11.3 Å². The topological polar surface area (TPSA) is 77.2 Å². The van der Waals surface area contributed by atoms with Gasteiger partial charge in [0.25, 0.3) is 0 Å². The summed E-state index contributed by atoms with van der Waals surface area (Å²) in [7, 11) is 1.58. The summed E-state index contributed by atoms with van der Waals surface area (Å²) in [4.78, 5) is 17.3. The number of nitrogens with one attached hydrogen (secondary N) is 1. The molecule has 2 aromatic carbocycles. The smallest absolute Gasteiger partial charge is 0.206 e. The molecule has 0 unspecified atom stereocenters. The van der Waals surface area contributed by atoms with Crippen LogP contribution in [0.3, 0.4) is 0 Å². The van der Waals surface area contributed by atoms with E-state index in [0.717, 1.165) is 10.2 Å². The maximum absolute atomic E-state index is 12.6. The highest BCUT2D eigenvalue weighted by Crippen LogP contribution is 2.30. The van der Waals surface area contributed by atoms with Crippen molar-refractivity contribution in [2.24, 2.45) is 0 Å². The molecule has 24 heavy (non-hydrogen) atoms. The van der Waals surface area contributed by atoms with Gasteiger partial charge < -0.3 is 15.8 Å². The van der Waals surface area contributed by atoms with Crippen molar-refractivity contribution in [3.8, 4) is 5.75 Å². The summed E-state index contributed by atoms with van der Waals surface area (Å²) in [6.07, 6.45) is 0. The van der Waals surface area contributed by atoms with Gasteiger partial charge in [-0.15, -0.1) is 0 Å². The van der Waals surface area contributed by atoms with Gasteiger partial charge in [-0.3, -0.25) is 4.79 Å². The van der Waals surface area contributed by atoms with Crippen LogP contribution in [-0.2, 0) is 0 Å². The van der Waals surface area contributed by atoms with Gasteiger partial charge in [-0.05, 0) is 42.5 Å². The monoisotopic (exact) mass is 403 g/mol. The number of nitrogens with zero attached hydrogens (tertiary/aromatic N) is 1. The maximum atomic E-state index is 12.6. The van der Waals surface area contributed by atoms with Crippen molar-refractivity contribution in [2.45, 2.75) is 0 Å². The molecule has 0 aliphatic rings. The number of methoxy groups -OCH3 is 1. The number of rotatable bonds is 5. The van der Waals surface area contributed by atoms with Crippen LogP contribution in [-0.4, -0.2) is 17.9 Å². The van der Waals surface area contributed by atoms with E-state index in [-0.39, 0.29) is 11.6 Å². The molecular weight excluding hydrogens is 390 g/mol. The molecule has 0 amide bonds. The van der Waals surface area contributed by atoms with E-state index in [9.17, 15) is 4.79 Å². The molecule has 0 spiro atoms. The summed E-state index contributed by atoms with van der Waals surface area (Å²) in [6.45, 7) is 0. The van der Waals surface area contributed by atoms with Crippen LogP contribution in [0, 0.1) is 0 Å². The highest BCUT2D eigenvalue weighted by molar-refractivity contribution is 9.10. The van der Waals surface area contributed by atoms with E-state index in [4.69, 9.17) is 10.5 Å². The third kappa shape index (κ3) is 3.58. The lowest BCUT2D eigenvalue weighted by Gasteiger charge is -2.02. The zero-order chi connectivity index (χ0) is 17.1. The highest BCUT2D eigenvalue weighted by Gasteiger charge is 2.18. The summed E-state index contributed by atoms with van der Waals surface area (Å²) >= 11 is 4.64. The van der Waals surface area contributed by atoms with Crippen molar-refractivity contribution in [1.29, 1.82) is 0 Å². The Morgan fingerprint density at radius 3 is 2.67 bits per heavy atom. The SMILES string of the molecule is COc1ccc(C(=O)c2sc(Nc3cccc(Br)c3)nc2N)cc1. The molecule has 0 fully saturated rings. The van der Waals surface area contributed by atoms with Gasteiger partial charge in [0.05, 0.1) is 7.11 Å². The fourth-order valence-electron chi connectivity index (χ4n) is 2.11. The number of aromatic nitrogens is 1. The number of ketones is 1. The Balaban J connectivity index is 1.83. The average molecular weight is 404 g/mol. The van der Waals surface area contributed by atoms with Crippen molar-refractivity contribution in [2.75, 3.05) is 18.2 Å². The van der Waals surface area contributed by atoms with Gasteiger partial charge in [0, 0.05) is 15.7 Å². The van der Waals surface area contributed by atoms with Gasteiger partial charge in [-0.25, -0.2) is 4.98 Å². The molecule has 3 rings (SSSR count). The zero-order valence-corrected chi connectivity index (χ0v) is 15.1. The van der Waals surface area contributed by atoms with Gasteiger partial charge >= 0.3 is 0 Å². The summed E-state index contributed by atoms with van der Waals surface area (Å²) in [5.41, 5.74) is 7.33. The van der Waals surface area contributed by atoms with Crippen LogP contribution in [0.4, 0.5) is 16.6 Å². The normalized spacial score (nSPS) is 10.4. The van der Waals surface area contributed by atoms with Crippen LogP contribution in [0.15, 0.2) is 53.0 Å². The molecule has 0 atom stereocenters. The first-order valence-corrected chi connectivity index (χ1v) is 8.65. The van der Waals surface area contributed by atoms with E-state index >= 15 is 0 Å². The molecular formula is C17H14BrN3O2S. The molecule has 122 valence electrons. The second kappa shape index (κ2) is 7.02. The number of benzene rings is 2. The predicted octanol–water partition coefficient (Wildman–Crippen LogP) is 4.47. The number of hydrogen-bond donors (Lipinski definition) is 2. The molecule has 5 nitrogen and oxygen atoms in total. The van der Waals surface area contributed by atoms with Crippen LogP contribution in [0.5, 0.6) is 5.75 Å². The second-order valence-corrected chi connectivity index (χ2v) is 6.84. The maximum Gasteiger partial charge on any atom is 0.206 e. The van der Waals surface area contributed by atoms with E-state index in [2.05, 4.69) is 26.2 Å². The number of hydrogen-bond acceptors (Lipinski definition) is 6. The summed E-state index contributed by atoms with van der Waals surface area (Å²) in [5, 5.41) is 3.73. The van der Waals surface area contributed by atoms with Gasteiger partial charge in [0.15, 0.2) is 5.13 Å². The first-order valence-electron chi connectivity index (χ1n) is 7.04. The second-order valence-electron chi connectivity index (χ2n) is 4.93. The van der Waals surface area contributed by atoms with E-state index in [0.29, 0.717) is 21.3 Å². The first-order chi connectivity index (χ1) is 11.6. The number of nitrogens with two attached hydrogens (primary N) is 1. The molecule has 1 aromatic heterocycles. The summed E-state index contributed by atoms with van der Waals surface area (Å²) in [5.74, 6) is 0.758. The van der Waals surface area contributed by atoms with E-state index in [1.807, 2.05) is 24.3 Å². The molecule has 0 saturated carbocycles. The van der Waals surface area contributed by atoms with Gasteiger partial charge in [0.2, 0.25) is 5.78 Å². The Labute approximate surface area is 151 Å². The number of thiazole rings is 1. The van der Waals surface area contributed by atoms with Crippen LogP contribution in [0.25, 0.3) is 0 Å². The van der Waals surface area contributed by atoms with Crippen molar-refractivity contribution >= 4 is 49.7 Å². The number of carbonyl (C=O) groups is 1. The Morgan fingerprint density at radius 1 is 1.25 bits per heavy atom. The fourth-order valence-corrected chi connectivity index (χ4v) is 3.38. The highest BCUT2D eigenvalue weighted by atomic mass is 79.9. The van der Waals surface area contributed by atoms with Crippen LogP contribution < -0.4 is 15.8 Å². The quantitative estimate of drug-likeness (QED) is 0.614. The lowest BCUT2D eigenvalue weighted by Crippen LogP contribution is -2.02. The first kappa shape index (κ1) is 16.5. The Morgan fingerprint density at radius 2 is 2.00 bits per heavy atom. The minimum absolute atomic E-state index is 0.157. The number of nitrogen functional groups attached to an aromatic ring is 1. The lowest BCUT2D eigenvalue weighted by molar-refractivity contribution is 0.104. The predicted molar refractivity (Wildman–Crippen MR) is 100 cm³/mol. The van der Waals surface area contributed by atoms with Crippen molar-refractivity contribution in [3.05, 3.63) is 63.4 Å². The Hall–Kier alpha value is -2.38. The van der Waals surface area contributed by atoms with Gasteiger partial charge in [0.1, 0.15) is 16.4 Å². The minimum Gasteiger partial charge on any atom is -0.497 e. The minimum atomic E-state index is -0.157. The summed E-state index contributed by atoms with van der Waals surface area (Å²) < 4.78 is 6.05. The zero-order valence-electron chi connectivity index (χ0n) is 12.7. The number of ether oxygens (including phenoxy) is 1. The van der Waals surface area contributed by atoms with Crippen molar-refractivity contribution < 1.29 is 9.53 Å². The van der Waals surface area contributed by atoms with Crippen molar-refractivity contribution in [1.82, 2.24) is 4.98 Å². The molecule has 0 aliphatic carbocycles. The number of carbonyl (C=O) groups excluding carboxylic acids is 1.